The van der Waals surface area contributed by atoms with E-state index in [2.05, 4.69) is 15.9 Å². The van der Waals surface area contributed by atoms with Crippen molar-refractivity contribution in [3.05, 3.63) is 57.7 Å². The Balaban J connectivity index is 2.14. The van der Waals surface area contributed by atoms with Crippen LogP contribution in [0.1, 0.15) is 5.69 Å². The second-order valence-electron chi connectivity index (χ2n) is 5.11. The zero-order valence-corrected chi connectivity index (χ0v) is 15.4. The first-order valence-electron chi connectivity index (χ1n) is 6.89. The first kappa shape index (κ1) is 16.4. The first-order valence-corrected chi connectivity index (χ1v) is 8.88. The van der Waals surface area contributed by atoms with Crippen LogP contribution in [0.15, 0.2) is 56.7 Å². The predicted molar refractivity (Wildman–Crippen MR) is 97.6 cm³/mol. The molecule has 6 heteroatoms. The van der Waals surface area contributed by atoms with Crippen molar-refractivity contribution in [2.75, 3.05) is 0 Å². The molecule has 3 rings (SSSR count). The fourth-order valence-electron chi connectivity index (χ4n) is 2.51. The van der Waals surface area contributed by atoms with Gasteiger partial charge in [0.2, 0.25) is 0 Å². The lowest BCUT2D eigenvalue weighted by Crippen LogP contribution is -2.09. The third-order valence-electron chi connectivity index (χ3n) is 3.55. The van der Waals surface area contributed by atoms with E-state index in [0.29, 0.717) is 5.02 Å². The van der Waals surface area contributed by atoms with Crippen LogP contribution in [0, 0.1) is 6.92 Å². The number of carboxylic acids is 1. The number of aliphatic carboxylic acids is 1. The Morgan fingerprint density at radius 2 is 1.96 bits per heavy atom. The number of carbonyl (C=O) groups is 1. The summed E-state index contributed by atoms with van der Waals surface area (Å²) in [6.07, 6.45) is 0. The van der Waals surface area contributed by atoms with Gasteiger partial charge in [-0.3, -0.25) is 4.79 Å². The van der Waals surface area contributed by atoms with Crippen molar-refractivity contribution < 1.29 is 9.90 Å². The van der Waals surface area contributed by atoms with Crippen molar-refractivity contribution in [2.45, 2.75) is 23.3 Å². The Labute approximate surface area is 151 Å². The lowest BCUT2D eigenvalue weighted by molar-refractivity contribution is -0.137. The van der Waals surface area contributed by atoms with Crippen LogP contribution in [0.5, 0.6) is 0 Å². The van der Waals surface area contributed by atoms with Crippen molar-refractivity contribution in [3.63, 3.8) is 0 Å². The molecule has 3 aromatic rings. The van der Waals surface area contributed by atoms with E-state index in [4.69, 9.17) is 11.6 Å². The standard InChI is InChI=1S/C17H13BrClNO2S/c1-10-17(23-13-5-3-12(19)4-6-13)14-8-11(18)2-7-15(14)20(10)9-16(21)22/h2-8H,9H2,1H3,(H,21,22). The van der Waals surface area contributed by atoms with Crippen LogP contribution in [0.2, 0.25) is 5.02 Å². The normalized spacial score (nSPS) is 11.1. The summed E-state index contributed by atoms with van der Waals surface area (Å²) < 4.78 is 2.80. The van der Waals surface area contributed by atoms with Crippen molar-refractivity contribution >= 4 is 56.2 Å². The van der Waals surface area contributed by atoms with Gasteiger partial charge in [0.15, 0.2) is 0 Å². The Kier molecular flexibility index (Phi) is 4.71. The second kappa shape index (κ2) is 6.59. The lowest BCUT2D eigenvalue weighted by Gasteiger charge is -2.05. The minimum atomic E-state index is -0.851. The van der Waals surface area contributed by atoms with Crippen LogP contribution in [0.4, 0.5) is 0 Å². The predicted octanol–water partition coefficient (Wildman–Crippen LogP) is 5.60. The fraction of sp³-hybridized carbons (Fsp3) is 0.118. The molecule has 0 amide bonds. The van der Waals surface area contributed by atoms with Gasteiger partial charge >= 0.3 is 5.97 Å². The quantitative estimate of drug-likeness (QED) is 0.608. The summed E-state index contributed by atoms with van der Waals surface area (Å²) in [5, 5.41) is 10.9. The van der Waals surface area contributed by atoms with E-state index >= 15 is 0 Å². The largest absolute Gasteiger partial charge is 0.480 e. The maximum Gasteiger partial charge on any atom is 0.323 e. The summed E-state index contributed by atoms with van der Waals surface area (Å²) in [5.41, 5.74) is 1.87. The highest BCUT2D eigenvalue weighted by Crippen LogP contribution is 2.39. The molecular weight excluding hydrogens is 398 g/mol. The molecule has 0 saturated heterocycles. The monoisotopic (exact) mass is 409 g/mol. The number of nitrogens with zero attached hydrogens (tertiary/aromatic N) is 1. The molecule has 0 bridgehead atoms. The van der Waals surface area contributed by atoms with Gasteiger partial charge in [-0.2, -0.15) is 0 Å². The molecule has 0 aliphatic heterocycles. The summed E-state index contributed by atoms with van der Waals surface area (Å²) >= 11 is 11.0. The summed E-state index contributed by atoms with van der Waals surface area (Å²) in [7, 11) is 0. The summed E-state index contributed by atoms with van der Waals surface area (Å²) in [4.78, 5) is 13.3. The van der Waals surface area contributed by atoms with Crippen LogP contribution >= 0.6 is 39.3 Å². The SMILES string of the molecule is Cc1c(Sc2ccc(Cl)cc2)c2cc(Br)ccc2n1CC(=O)O. The van der Waals surface area contributed by atoms with Gasteiger partial charge in [-0.05, 0) is 49.4 Å². The molecule has 0 radical (unpaired) electrons. The smallest absolute Gasteiger partial charge is 0.323 e. The number of rotatable bonds is 4. The minimum Gasteiger partial charge on any atom is -0.480 e. The van der Waals surface area contributed by atoms with E-state index in [9.17, 15) is 9.90 Å². The molecule has 0 unspecified atom stereocenters. The molecule has 0 spiro atoms. The van der Waals surface area contributed by atoms with Gasteiger partial charge in [0, 0.05) is 30.4 Å². The van der Waals surface area contributed by atoms with Crippen molar-refractivity contribution in [1.29, 1.82) is 0 Å². The third-order valence-corrected chi connectivity index (χ3v) is 5.53. The average Bonchev–Trinajstić information content (AvgIpc) is 2.74. The molecule has 0 aliphatic rings. The first-order chi connectivity index (χ1) is 11.0. The van der Waals surface area contributed by atoms with Crippen LogP contribution in [0.3, 0.4) is 0 Å². The average molecular weight is 411 g/mol. The molecule has 0 aliphatic carbocycles. The van der Waals surface area contributed by atoms with Crippen molar-refractivity contribution in [1.82, 2.24) is 4.57 Å². The third kappa shape index (κ3) is 3.42. The van der Waals surface area contributed by atoms with Crippen molar-refractivity contribution in [2.24, 2.45) is 0 Å². The Bertz CT molecular complexity index is 890. The fourth-order valence-corrected chi connectivity index (χ4v) is 4.04. The molecule has 3 nitrogen and oxygen atoms in total. The van der Waals surface area contributed by atoms with E-state index in [1.165, 1.54) is 0 Å². The maximum absolute atomic E-state index is 11.2. The Morgan fingerprint density at radius 1 is 1.26 bits per heavy atom. The van der Waals surface area contributed by atoms with Crippen LogP contribution in [0.25, 0.3) is 10.9 Å². The van der Waals surface area contributed by atoms with E-state index in [1.54, 1.807) is 11.8 Å². The molecule has 2 aromatic carbocycles. The van der Waals surface area contributed by atoms with Gasteiger partial charge in [0.25, 0.3) is 0 Å². The zero-order chi connectivity index (χ0) is 16.6. The van der Waals surface area contributed by atoms with Gasteiger partial charge in [-0.15, -0.1) is 0 Å². The summed E-state index contributed by atoms with van der Waals surface area (Å²) in [6.45, 7) is 1.90. The van der Waals surface area contributed by atoms with E-state index in [0.717, 1.165) is 30.9 Å². The number of hydrogen-bond acceptors (Lipinski definition) is 2. The molecule has 1 aromatic heterocycles. The Morgan fingerprint density at radius 3 is 2.61 bits per heavy atom. The lowest BCUT2D eigenvalue weighted by atomic mass is 10.2. The highest BCUT2D eigenvalue weighted by Gasteiger charge is 2.17. The van der Waals surface area contributed by atoms with E-state index < -0.39 is 5.97 Å². The van der Waals surface area contributed by atoms with Gasteiger partial charge in [0.1, 0.15) is 6.54 Å². The van der Waals surface area contributed by atoms with Gasteiger partial charge < -0.3 is 9.67 Å². The van der Waals surface area contributed by atoms with Crippen LogP contribution in [-0.2, 0) is 11.3 Å². The molecule has 0 atom stereocenters. The molecule has 23 heavy (non-hydrogen) atoms. The molecule has 1 heterocycles. The minimum absolute atomic E-state index is 0.0505. The number of fused-ring (bicyclic) bond motifs is 1. The number of benzene rings is 2. The van der Waals surface area contributed by atoms with Gasteiger partial charge in [0.05, 0.1) is 5.52 Å². The number of halogens is 2. The molecule has 1 N–H and O–H groups in total. The summed E-state index contributed by atoms with van der Waals surface area (Å²) in [6, 6.07) is 13.5. The highest BCUT2D eigenvalue weighted by molar-refractivity contribution is 9.10. The maximum atomic E-state index is 11.2. The molecular formula is C17H13BrClNO2S. The second-order valence-corrected chi connectivity index (χ2v) is 7.55. The van der Waals surface area contributed by atoms with Gasteiger partial charge in [-0.25, -0.2) is 0 Å². The Hall–Kier alpha value is -1.43. The summed E-state index contributed by atoms with van der Waals surface area (Å²) in [5.74, 6) is -0.851. The molecule has 118 valence electrons. The topological polar surface area (TPSA) is 42.2 Å². The number of aromatic nitrogens is 1. The number of hydrogen-bond donors (Lipinski definition) is 1. The number of carboxylic acid groups (broad SMARTS) is 1. The highest BCUT2D eigenvalue weighted by atomic mass is 79.9. The van der Waals surface area contributed by atoms with Gasteiger partial charge in [-0.1, -0.05) is 39.3 Å². The van der Waals surface area contributed by atoms with Crippen molar-refractivity contribution in [3.8, 4) is 0 Å². The molecule has 0 saturated carbocycles. The van der Waals surface area contributed by atoms with E-state index in [1.807, 2.05) is 54.0 Å². The van der Waals surface area contributed by atoms with Crippen LogP contribution < -0.4 is 0 Å². The van der Waals surface area contributed by atoms with Crippen LogP contribution in [-0.4, -0.2) is 15.6 Å². The molecule has 0 fully saturated rings. The zero-order valence-electron chi connectivity index (χ0n) is 12.2. The van der Waals surface area contributed by atoms with E-state index in [-0.39, 0.29) is 6.54 Å².